The second-order valence-corrected chi connectivity index (χ2v) is 8.21. The monoisotopic (exact) mass is 385 g/mol. The summed E-state index contributed by atoms with van der Waals surface area (Å²) >= 11 is 0. The number of carbonyl (C=O) groups excluding carboxylic acids is 1. The number of piperidine rings is 1. The molecule has 0 aromatic heterocycles. The van der Waals surface area contributed by atoms with E-state index in [9.17, 15) is 22.4 Å². The fourth-order valence-electron chi connectivity index (χ4n) is 4.68. The van der Waals surface area contributed by atoms with Gasteiger partial charge in [0.15, 0.2) is 5.78 Å². The molecule has 1 saturated carbocycles. The molecule has 1 saturated heterocycles. The van der Waals surface area contributed by atoms with Gasteiger partial charge in [0.1, 0.15) is 5.82 Å². The molecular formula is C21H27F4NO. The molecule has 1 atom stereocenters. The van der Waals surface area contributed by atoms with Crippen molar-refractivity contribution < 1.29 is 22.4 Å². The molecule has 0 amide bonds. The third-order valence-corrected chi connectivity index (χ3v) is 6.36. The summed E-state index contributed by atoms with van der Waals surface area (Å²) in [6.45, 7) is 2.41. The number of benzene rings is 1. The normalized spacial score (nSPS) is 23.5. The maximum absolute atomic E-state index is 13.1. The van der Waals surface area contributed by atoms with E-state index in [2.05, 4.69) is 4.90 Å². The Morgan fingerprint density at radius 2 is 1.78 bits per heavy atom. The van der Waals surface area contributed by atoms with Gasteiger partial charge in [0.05, 0.1) is 5.92 Å². The molecule has 6 heteroatoms. The molecule has 2 aliphatic rings. The van der Waals surface area contributed by atoms with E-state index in [1.54, 1.807) is 0 Å². The minimum atomic E-state index is -4.06. The van der Waals surface area contributed by atoms with Crippen molar-refractivity contribution in [3.63, 3.8) is 0 Å². The van der Waals surface area contributed by atoms with E-state index in [1.807, 2.05) is 0 Å². The Bertz CT molecular complexity index is 633. The summed E-state index contributed by atoms with van der Waals surface area (Å²) in [5.41, 5.74) is 0.383. The van der Waals surface area contributed by atoms with E-state index in [-0.39, 0.29) is 29.9 Å². The van der Waals surface area contributed by atoms with Crippen LogP contribution in [0.15, 0.2) is 24.3 Å². The van der Waals surface area contributed by atoms with Crippen LogP contribution in [-0.2, 0) is 0 Å². The molecular weight excluding hydrogens is 358 g/mol. The summed E-state index contributed by atoms with van der Waals surface area (Å²) in [5.74, 6) is -1.49. The maximum atomic E-state index is 13.1. The number of carbonyl (C=O) groups is 1. The first-order valence-electron chi connectivity index (χ1n) is 9.85. The molecule has 2 nitrogen and oxygen atoms in total. The van der Waals surface area contributed by atoms with Gasteiger partial charge in [-0.1, -0.05) is 6.42 Å². The lowest BCUT2D eigenvalue weighted by Crippen LogP contribution is -2.44. The van der Waals surface area contributed by atoms with Gasteiger partial charge in [0.2, 0.25) is 0 Å². The maximum Gasteiger partial charge on any atom is 0.391 e. The summed E-state index contributed by atoms with van der Waals surface area (Å²) in [4.78, 5) is 14.4. The molecule has 0 bridgehead atoms. The number of hydrogen-bond acceptors (Lipinski definition) is 2. The van der Waals surface area contributed by atoms with E-state index in [0.29, 0.717) is 24.8 Å². The average molecular weight is 385 g/mol. The van der Waals surface area contributed by atoms with E-state index < -0.39 is 12.1 Å². The van der Waals surface area contributed by atoms with Gasteiger partial charge >= 0.3 is 6.18 Å². The van der Waals surface area contributed by atoms with Gasteiger partial charge in [-0.15, -0.1) is 0 Å². The molecule has 27 heavy (non-hydrogen) atoms. The highest BCUT2D eigenvalue weighted by molar-refractivity contribution is 5.95. The lowest BCUT2D eigenvalue weighted by atomic mass is 9.64. The average Bonchev–Trinajstić information content (AvgIpc) is 2.63. The smallest absolute Gasteiger partial charge is 0.303 e. The van der Waals surface area contributed by atoms with Crippen LogP contribution in [0.3, 0.4) is 0 Å². The molecule has 2 fully saturated rings. The van der Waals surface area contributed by atoms with Crippen LogP contribution in [0.4, 0.5) is 17.6 Å². The Balaban J connectivity index is 1.42. The Kier molecular flexibility index (Phi) is 6.24. The van der Waals surface area contributed by atoms with Gasteiger partial charge in [-0.2, -0.15) is 13.2 Å². The highest BCUT2D eigenvalue weighted by Crippen LogP contribution is 2.50. The number of alkyl halides is 3. The van der Waals surface area contributed by atoms with Crippen molar-refractivity contribution in [1.29, 1.82) is 0 Å². The number of hydrogen-bond donors (Lipinski definition) is 0. The number of likely N-dealkylation sites (tertiary alicyclic amines) is 1. The first-order chi connectivity index (χ1) is 12.8. The quantitative estimate of drug-likeness (QED) is 0.484. The lowest BCUT2D eigenvalue weighted by molar-refractivity contribution is -0.194. The second-order valence-electron chi connectivity index (χ2n) is 8.21. The first kappa shape index (κ1) is 20.3. The summed E-state index contributed by atoms with van der Waals surface area (Å²) < 4.78 is 52.2. The molecule has 1 spiro atoms. The van der Waals surface area contributed by atoms with Gasteiger partial charge in [-0.3, -0.25) is 4.79 Å². The molecule has 1 aromatic carbocycles. The predicted molar refractivity (Wildman–Crippen MR) is 96.1 cm³/mol. The molecule has 3 rings (SSSR count). The van der Waals surface area contributed by atoms with E-state index >= 15 is 0 Å². The molecule has 0 radical (unpaired) electrons. The molecule has 1 unspecified atom stereocenters. The molecule has 1 aliphatic carbocycles. The fraction of sp³-hybridized carbons (Fsp3) is 0.667. The predicted octanol–water partition coefficient (Wildman–Crippen LogP) is 5.62. The number of halogens is 4. The Morgan fingerprint density at radius 1 is 1.11 bits per heavy atom. The fourth-order valence-corrected chi connectivity index (χ4v) is 4.68. The van der Waals surface area contributed by atoms with Crippen molar-refractivity contribution in [3.05, 3.63) is 35.6 Å². The van der Waals surface area contributed by atoms with Crippen LogP contribution in [0.5, 0.6) is 0 Å². The van der Waals surface area contributed by atoms with Crippen LogP contribution >= 0.6 is 0 Å². The van der Waals surface area contributed by atoms with Crippen molar-refractivity contribution in [3.8, 4) is 0 Å². The summed E-state index contributed by atoms with van der Waals surface area (Å²) in [7, 11) is 0. The zero-order valence-electron chi connectivity index (χ0n) is 15.5. The van der Waals surface area contributed by atoms with Crippen molar-refractivity contribution in [2.24, 2.45) is 11.3 Å². The van der Waals surface area contributed by atoms with Crippen molar-refractivity contribution in [2.45, 2.75) is 57.5 Å². The minimum absolute atomic E-state index is 0.00350. The van der Waals surface area contributed by atoms with Gasteiger partial charge in [-0.05, 0) is 87.8 Å². The van der Waals surface area contributed by atoms with E-state index in [4.69, 9.17) is 0 Å². The Morgan fingerprint density at radius 3 is 2.41 bits per heavy atom. The lowest BCUT2D eigenvalue weighted by Gasteiger charge is -2.47. The highest BCUT2D eigenvalue weighted by atomic mass is 19.4. The van der Waals surface area contributed by atoms with Crippen molar-refractivity contribution in [2.75, 3.05) is 19.6 Å². The number of rotatable bonds is 5. The molecule has 1 aromatic rings. The summed E-state index contributed by atoms with van der Waals surface area (Å²) in [6.07, 6.45) is 0.862. The molecule has 1 heterocycles. The summed E-state index contributed by atoms with van der Waals surface area (Å²) in [6, 6.07) is 5.58. The molecule has 1 aliphatic heterocycles. The topological polar surface area (TPSA) is 20.3 Å². The zero-order chi connectivity index (χ0) is 19.5. The van der Waals surface area contributed by atoms with Crippen molar-refractivity contribution >= 4 is 5.78 Å². The standard InChI is InChI=1S/C21H27F4NO/c22-18-7-5-16(6-8-18)19(27)4-2-12-26-13-10-20(11-14-26)9-1-3-17(15-20)21(23,24)25/h5-8,17H,1-4,9-15H2. The molecule has 0 N–H and O–H groups in total. The third-order valence-electron chi connectivity index (χ3n) is 6.36. The van der Waals surface area contributed by atoms with Gasteiger partial charge in [0, 0.05) is 12.0 Å². The first-order valence-corrected chi connectivity index (χ1v) is 9.85. The van der Waals surface area contributed by atoms with Crippen LogP contribution in [0, 0.1) is 17.2 Å². The van der Waals surface area contributed by atoms with Crippen LogP contribution in [0.1, 0.15) is 61.7 Å². The van der Waals surface area contributed by atoms with Crippen molar-refractivity contribution in [1.82, 2.24) is 4.90 Å². The second kappa shape index (κ2) is 8.29. The van der Waals surface area contributed by atoms with Crippen LogP contribution in [0.2, 0.25) is 0 Å². The van der Waals surface area contributed by atoms with Crippen LogP contribution in [0.25, 0.3) is 0 Å². The Labute approximate surface area is 157 Å². The number of Topliss-reactive ketones (excluding diaryl/α,β-unsaturated/α-hetero) is 1. The SMILES string of the molecule is O=C(CCCN1CCC2(CCCC(C(F)(F)F)C2)CC1)c1ccc(F)cc1. The van der Waals surface area contributed by atoms with E-state index in [1.165, 1.54) is 24.3 Å². The largest absolute Gasteiger partial charge is 0.391 e. The number of ketones is 1. The van der Waals surface area contributed by atoms with Gasteiger partial charge < -0.3 is 4.90 Å². The minimum Gasteiger partial charge on any atom is -0.303 e. The highest BCUT2D eigenvalue weighted by Gasteiger charge is 2.48. The van der Waals surface area contributed by atoms with Gasteiger partial charge in [0.25, 0.3) is 0 Å². The molecule has 150 valence electrons. The van der Waals surface area contributed by atoms with Crippen LogP contribution in [-0.4, -0.2) is 36.5 Å². The van der Waals surface area contributed by atoms with Gasteiger partial charge in [-0.25, -0.2) is 4.39 Å². The zero-order valence-corrected chi connectivity index (χ0v) is 15.5. The van der Waals surface area contributed by atoms with Crippen LogP contribution < -0.4 is 0 Å². The van der Waals surface area contributed by atoms with E-state index in [0.717, 1.165) is 38.9 Å². The third kappa shape index (κ3) is 5.31. The number of nitrogens with zero attached hydrogens (tertiary/aromatic N) is 1. The summed E-state index contributed by atoms with van der Waals surface area (Å²) in [5, 5.41) is 0. The Hall–Kier alpha value is -1.43.